The van der Waals surface area contributed by atoms with E-state index in [9.17, 15) is 4.79 Å². The zero-order chi connectivity index (χ0) is 10.9. The van der Waals surface area contributed by atoms with Crippen LogP contribution >= 0.6 is 0 Å². The molecule has 82 valence electrons. The third-order valence-electron chi connectivity index (χ3n) is 1.67. The van der Waals surface area contributed by atoms with Crippen molar-refractivity contribution in [1.29, 1.82) is 0 Å². The van der Waals surface area contributed by atoms with Gasteiger partial charge in [0.05, 0.1) is 13.0 Å². The molecule has 0 amide bonds. The fourth-order valence-corrected chi connectivity index (χ4v) is 0.995. The van der Waals surface area contributed by atoms with Gasteiger partial charge in [-0.1, -0.05) is 18.2 Å². The standard InChI is InChI=1S/C11H14O4/c12-7-6-11(13)15-9-8-14-10-4-2-1-3-5-10/h1-5,12H,6-9H2. The average molecular weight is 210 g/mol. The van der Waals surface area contributed by atoms with Crippen LogP contribution in [0.3, 0.4) is 0 Å². The third kappa shape index (κ3) is 5.02. The topological polar surface area (TPSA) is 55.8 Å². The van der Waals surface area contributed by atoms with Crippen molar-refractivity contribution in [3.8, 4) is 5.75 Å². The molecule has 0 radical (unpaired) electrons. The summed E-state index contributed by atoms with van der Waals surface area (Å²) in [6.07, 6.45) is 0.0331. The highest BCUT2D eigenvalue weighted by atomic mass is 16.6. The molecule has 4 heteroatoms. The molecule has 1 aromatic rings. The fraction of sp³-hybridized carbons (Fsp3) is 0.364. The Kier molecular flexibility index (Phi) is 5.25. The van der Waals surface area contributed by atoms with Crippen molar-refractivity contribution in [2.24, 2.45) is 0 Å². The van der Waals surface area contributed by atoms with Gasteiger partial charge in [-0.3, -0.25) is 4.79 Å². The molecule has 0 unspecified atom stereocenters. The molecule has 0 fully saturated rings. The lowest BCUT2D eigenvalue weighted by Gasteiger charge is -2.06. The highest BCUT2D eigenvalue weighted by Crippen LogP contribution is 2.07. The van der Waals surface area contributed by atoms with Gasteiger partial charge in [-0.15, -0.1) is 0 Å². The van der Waals surface area contributed by atoms with Crippen LogP contribution in [0.4, 0.5) is 0 Å². The smallest absolute Gasteiger partial charge is 0.308 e. The number of rotatable bonds is 6. The molecule has 0 atom stereocenters. The quantitative estimate of drug-likeness (QED) is 0.562. The largest absolute Gasteiger partial charge is 0.490 e. The summed E-state index contributed by atoms with van der Waals surface area (Å²) >= 11 is 0. The van der Waals surface area contributed by atoms with Crippen LogP contribution in [0, 0.1) is 0 Å². The Balaban J connectivity index is 2.10. The number of carbonyl (C=O) groups excluding carboxylic acids is 1. The van der Waals surface area contributed by atoms with Gasteiger partial charge in [0.15, 0.2) is 0 Å². The minimum atomic E-state index is -0.408. The summed E-state index contributed by atoms with van der Waals surface area (Å²) in [5, 5.41) is 8.44. The van der Waals surface area contributed by atoms with Crippen molar-refractivity contribution < 1.29 is 19.4 Å². The van der Waals surface area contributed by atoms with Crippen LogP contribution in [0.5, 0.6) is 5.75 Å². The highest BCUT2D eigenvalue weighted by Gasteiger charge is 2.00. The van der Waals surface area contributed by atoms with Crippen LogP contribution in [0.25, 0.3) is 0 Å². The second kappa shape index (κ2) is 6.84. The lowest BCUT2D eigenvalue weighted by molar-refractivity contribution is -0.145. The van der Waals surface area contributed by atoms with Gasteiger partial charge in [0, 0.05) is 0 Å². The Hall–Kier alpha value is -1.55. The third-order valence-corrected chi connectivity index (χ3v) is 1.67. The lowest BCUT2D eigenvalue weighted by atomic mass is 10.3. The zero-order valence-electron chi connectivity index (χ0n) is 8.39. The van der Waals surface area contributed by atoms with Crippen molar-refractivity contribution >= 4 is 5.97 Å². The normalized spacial score (nSPS) is 9.67. The first kappa shape index (κ1) is 11.5. The van der Waals surface area contributed by atoms with Crippen LogP contribution in [-0.4, -0.2) is 30.9 Å². The van der Waals surface area contributed by atoms with Gasteiger partial charge in [0.1, 0.15) is 19.0 Å². The number of aliphatic hydroxyl groups is 1. The molecular formula is C11H14O4. The maximum atomic E-state index is 10.8. The molecule has 4 nitrogen and oxygen atoms in total. The summed E-state index contributed by atoms with van der Waals surface area (Å²) in [5.74, 6) is 0.338. The van der Waals surface area contributed by atoms with E-state index in [0.29, 0.717) is 6.61 Å². The van der Waals surface area contributed by atoms with E-state index in [4.69, 9.17) is 14.6 Å². The monoisotopic (exact) mass is 210 g/mol. The van der Waals surface area contributed by atoms with E-state index in [1.165, 1.54) is 0 Å². The molecule has 0 aliphatic rings. The zero-order valence-corrected chi connectivity index (χ0v) is 8.39. The van der Waals surface area contributed by atoms with E-state index in [-0.39, 0.29) is 19.6 Å². The van der Waals surface area contributed by atoms with E-state index in [1.54, 1.807) is 0 Å². The minimum absolute atomic E-state index is 0.0331. The summed E-state index contributed by atoms with van der Waals surface area (Å²) < 4.78 is 10.1. The maximum Gasteiger partial charge on any atom is 0.308 e. The molecule has 0 saturated carbocycles. The van der Waals surface area contributed by atoms with E-state index in [0.717, 1.165) is 5.75 Å². The van der Waals surface area contributed by atoms with Crippen molar-refractivity contribution in [2.75, 3.05) is 19.8 Å². The first-order chi connectivity index (χ1) is 7.33. The molecule has 0 aliphatic carbocycles. The fourth-order valence-electron chi connectivity index (χ4n) is 0.995. The highest BCUT2D eigenvalue weighted by molar-refractivity contribution is 5.69. The summed E-state index contributed by atoms with van der Waals surface area (Å²) in [4.78, 5) is 10.8. The van der Waals surface area contributed by atoms with Gasteiger partial charge in [-0.25, -0.2) is 0 Å². The molecule has 0 aromatic heterocycles. The predicted molar refractivity (Wildman–Crippen MR) is 54.6 cm³/mol. The molecule has 0 heterocycles. The van der Waals surface area contributed by atoms with E-state index >= 15 is 0 Å². The van der Waals surface area contributed by atoms with Gasteiger partial charge in [-0.2, -0.15) is 0 Å². The van der Waals surface area contributed by atoms with Crippen LogP contribution in [0.2, 0.25) is 0 Å². The number of benzene rings is 1. The average Bonchev–Trinajstić information content (AvgIpc) is 2.26. The van der Waals surface area contributed by atoms with Gasteiger partial charge in [0.25, 0.3) is 0 Å². The molecular weight excluding hydrogens is 196 g/mol. The first-order valence-electron chi connectivity index (χ1n) is 4.77. The van der Waals surface area contributed by atoms with Gasteiger partial charge >= 0.3 is 5.97 Å². The molecule has 1 N–H and O–H groups in total. The number of para-hydroxylation sites is 1. The van der Waals surface area contributed by atoms with E-state index in [2.05, 4.69) is 0 Å². The summed E-state index contributed by atoms with van der Waals surface area (Å²) in [6, 6.07) is 9.29. The minimum Gasteiger partial charge on any atom is -0.490 e. The number of aliphatic hydroxyl groups excluding tert-OH is 1. The first-order valence-corrected chi connectivity index (χ1v) is 4.77. The molecule has 0 spiro atoms. The van der Waals surface area contributed by atoms with Gasteiger partial charge in [-0.05, 0) is 12.1 Å². The van der Waals surface area contributed by atoms with Gasteiger partial charge < -0.3 is 14.6 Å². The number of esters is 1. The Morgan fingerprint density at radius 1 is 1.20 bits per heavy atom. The molecule has 0 saturated heterocycles. The maximum absolute atomic E-state index is 10.8. The Morgan fingerprint density at radius 3 is 2.60 bits per heavy atom. The molecule has 15 heavy (non-hydrogen) atoms. The summed E-state index contributed by atoms with van der Waals surface area (Å²) in [7, 11) is 0. The Labute approximate surface area is 88.4 Å². The summed E-state index contributed by atoms with van der Waals surface area (Å²) in [6.45, 7) is 0.341. The number of ether oxygens (including phenoxy) is 2. The van der Waals surface area contributed by atoms with Crippen molar-refractivity contribution in [2.45, 2.75) is 6.42 Å². The van der Waals surface area contributed by atoms with E-state index in [1.807, 2.05) is 30.3 Å². The molecule has 0 bridgehead atoms. The van der Waals surface area contributed by atoms with Gasteiger partial charge in [0.2, 0.25) is 0 Å². The second-order valence-corrected chi connectivity index (χ2v) is 2.86. The predicted octanol–water partition coefficient (Wildman–Crippen LogP) is 0.991. The SMILES string of the molecule is O=C(CCO)OCCOc1ccccc1. The lowest BCUT2D eigenvalue weighted by Crippen LogP contribution is -2.12. The summed E-state index contributed by atoms with van der Waals surface area (Å²) in [5.41, 5.74) is 0. The number of hydrogen-bond acceptors (Lipinski definition) is 4. The Bertz CT molecular complexity index is 284. The molecule has 0 aliphatic heterocycles. The van der Waals surface area contributed by atoms with Crippen LogP contribution in [0.15, 0.2) is 30.3 Å². The van der Waals surface area contributed by atoms with Crippen LogP contribution < -0.4 is 4.74 Å². The van der Waals surface area contributed by atoms with Crippen molar-refractivity contribution in [3.63, 3.8) is 0 Å². The Morgan fingerprint density at radius 2 is 1.93 bits per heavy atom. The van der Waals surface area contributed by atoms with Crippen LogP contribution in [-0.2, 0) is 9.53 Å². The number of hydrogen-bond donors (Lipinski definition) is 1. The second-order valence-electron chi connectivity index (χ2n) is 2.86. The molecule has 1 aromatic carbocycles. The van der Waals surface area contributed by atoms with E-state index < -0.39 is 5.97 Å². The number of carbonyl (C=O) groups is 1. The van der Waals surface area contributed by atoms with Crippen LogP contribution in [0.1, 0.15) is 6.42 Å². The van der Waals surface area contributed by atoms with Crippen molar-refractivity contribution in [1.82, 2.24) is 0 Å². The van der Waals surface area contributed by atoms with Crippen molar-refractivity contribution in [3.05, 3.63) is 30.3 Å². The molecule has 1 rings (SSSR count).